The molecule has 18 heavy (non-hydrogen) atoms. The molecule has 0 aliphatic carbocycles. The van der Waals surface area contributed by atoms with E-state index in [4.69, 9.17) is 5.73 Å². The van der Waals surface area contributed by atoms with Crippen molar-refractivity contribution in [3.8, 4) is 0 Å². The van der Waals surface area contributed by atoms with Gasteiger partial charge in [-0.15, -0.1) is 0 Å². The van der Waals surface area contributed by atoms with Crippen molar-refractivity contribution in [3.63, 3.8) is 0 Å². The SMILES string of the molecule is CC(O)C1CCN(C(CN)c2ccccn2)CC1. The highest BCUT2D eigenvalue weighted by atomic mass is 16.3. The van der Waals surface area contributed by atoms with E-state index >= 15 is 0 Å². The van der Waals surface area contributed by atoms with Crippen LogP contribution < -0.4 is 5.73 Å². The van der Waals surface area contributed by atoms with E-state index < -0.39 is 0 Å². The summed E-state index contributed by atoms with van der Waals surface area (Å²) in [6, 6.07) is 6.18. The van der Waals surface area contributed by atoms with Gasteiger partial charge in [0.25, 0.3) is 0 Å². The van der Waals surface area contributed by atoms with Crippen LogP contribution in [0.3, 0.4) is 0 Å². The first-order valence-corrected chi connectivity index (χ1v) is 6.75. The summed E-state index contributed by atoms with van der Waals surface area (Å²) in [6.45, 7) is 4.47. The van der Waals surface area contributed by atoms with E-state index in [1.807, 2.05) is 31.3 Å². The normalized spacial score (nSPS) is 21.7. The minimum absolute atomic E-state index is 0.196. The lowest BCUT2D eigenvalue weighted by Gasteiger charge is -2.37. The Morgan fingerprint density at radius 2 is 2.17 bits per heavy atom. The molecule has 0 radical (unpaired) electrons. The maximum atomic E-state index is 9.62. The van der Waals surface area contributed by atoms with Crippen LogP contribution in [-0.2, 0) is 0 Å². The number of nitrogens with zero attached hydrogens (tertiary/aromatic N) is 2. The Labute approximate surface area is 109 Å². The first-order valence-electron chi connectivity index (χ1n) is 6.75. The molecule has 4 nitrogen and oxygen atoms in total. The van der Waals surface area contributed by atoms with E-state index in [9.17, 15) is 5.11 Å². The van der Waals surface area contributed by atoms with Crippen molar-refractivity contribution in [1.29, 1.82) is 0 Å². The Balaban J connectivity index is 1.99. The molecular formula is C14H23N3O. The minimum Gasteiger partial charge on any atom is -0.393 e. The lowest BCUT2D eigenvalue weighted by molar-refractivity contribution is 0.0561. The van der Waals surface area contributed by atoms with Crippen LogP contribution in [0.5, 0.6) is 0 Å². The van der Waals surface area contributed by atoms with Crippen LogP contribution in [0.2, 0.25) is 0 Å². The van der Waals surface area contributed by atoms with Crippen LogP contribution in [0.1, 0.15) is 31.5 Å². The second-order valence-electron chi connectivity index (χ2n) is 5.12. The van der Waals surface area contributed by atoms with Crippen LogP contribution in [0.25, 0.3) is 0 Å². The van der Waals surface area contributed by atoms with Crippen molar-refractivity contribution >= 4 is 0 Å². The molecule has 100 valence electrons. The van der Waals surface area contributed by atoms with Gasteiger partial charge in [-0.1, -0.05) is 6.07 Å². The van der Waals surface area contributed by atoms with Gasteiger partial charge in [-0.2, -0.15) is 0 Å². The summed E-state index contributed by atoms with van der Waals surface area (Å²) < 4.78 is 0. The van der Waals surface area contributed by atoms with Crippen molar-refractivity contribution < 1.29 is 5.11 Å². The molecular weight excluding hydrogens is 226 g/mol. The number of aliphatic hydroxyl groups excluding tert-OH is 1. The lowest BCUT2D eigenvalue weighted by Crippen LogP contribution is -2.42. The van der Waals surface area contributed by atoms with E-state index in [1.54, 1.807) is 0 Å². The summed E-state index contributed by atoms with van der Waals surface area (Å²) in [5.74, 6) is 0.434. The average Bonchev–Trinajstić information content (AvgIpc) is 2.41. The van der Waals surface area contributed by atoms with Gasteiger partial charge in [0, 0.05) is 12.7 Å². The van der Waals surface area contributed by atoms with Crippen LogP contribution in [0, 0.1) is 5.92 Å². The van der Waals surface area contributed by atoms with Gasteiger partial charge in [0.15, 0.2) is 0 Å². The van der Waals surface area contributed by atoms with E-state index in [-0.39, 0.29) is 12.1 Å². The summed E-state index contributed by atoms with van der Waals surface area (Å²) in [4.78, 5) is 6.80. The number of aliphatic hydroxyl groups is 1. The van der Waals surface area contributed by atoms with Crippen molar-refractivity contribution in [2.45, 2.75) is 31.9 Å². The van der Waals surface area contributed by atoms with Crippen LogP contribution >= 0.6 is 0 Å². The number of piperidine rings is 1. The summed E-state index contributed by atoms with van der Waals surface area (Å²) in [6.07, 6.45) is 3.71. The molecule has 1 aromatic heterocycles. The highest BCUT2D eigenvalue weighted by Crippen LogP contribution is 2.26. The third-order valence-electron chi connectivity index (χ3n) is 3.95. The predicted octanol–water partition coefficient (Wildman–Crippen LogP) is 1.17. The third kappa shape index (κ3) is 3.07. The number of likely N-dealkylation sites (tertiary alicyclic amines) is 1. The molecule has 0 spiro atoms. The number of pyridine rings is 1. The van der Waals surface area contributed by atoms with Crippen molar-refractivity contribution in [2.24, 2.45) is 11.7 Å². The first kappa shape index (κ1) is 13.5. The first-order chi connectivity index (χ1) is 8.72. The number of aromatic nitrogens is 1. The van der Waals surface area contributed by atoms with Gasteiger partial charge in [0.2, 0.25) is 0 Å². The topological polar surface area (TPSA) is 62.4 Å². The fraction of sp³-hybridized carbons (Fsp3) is 0.643. The van der Waals surface area contributed by atoms with Crippen LogP contribution in [0.4, 0.5) is 0 Å². The Morgan fingerprint density at radius 3 is 2.67 bits per heavy atom. The fourth-order valence-corrected chi connectivity index (χ4v) is 2.74. The monoisotopic (exact) mass is 249 g/mol. The summed E-state index contributed by atoms with van der Waals surface area (Å²) in [5, 5.41) is 9.62. The van der Waals surface area contributed by atoms with E-state index in [0.29, 0.717) is 12.5 Å². The number of hydrogen-bond donors (Lipinski definition) is 2. The molecule has 1 saturated heterocycles. The summed E-state index contributed by atoms with van der Waals surface area (Å²) in [5.41, 5.74) is 6.95. The molecule has 1 fully saturated rings. The third-order valence-corrected chi connectivity index (χ3v) is 3.95. The maximum Gasteiger partial charge on any atom is 0.0644 e. The highest BCUT2D eigenvalue weighted by molar-refractivity contribution is 5.09. The number of rotatable bonds is 4. The zero-order valence-corrected chi connectivity index (χ0v) is 11.0. The van der Waals surface area contributed by atoms with Gasteiger partial charge in [-0.25, -0.2) is 0 Å². The molecule has 0 saturated carbocycles. The Bertz CT molecular complexity index is 347. The Kier molecular flexibility index (Phi) is 4.69. The number of nitrogens with two attached hydrogens (primary N) is 1. The van der Waals surface area contributed by atoms with Crippen LogP contribution in [0.15, 0.2) is 24.4 Å². The molecule has 2 heterocycles. The van der Waals surface area contributed by atoms with Crippen molar-refractivity contribution in [2.75, 3.05) is 19.6 Å². The smallest absolute Gasteiger partial charge is 0.0644 e. The molecule has 0 aromatic carbocycles. The largest absolute Gasteiger partial charge is 0.393 e. The van der Waals surface area contributed by atoms with Gasteiger partial charge in [0.1, 0.15) is 0 Å². The van der Waals surface area contributed by atoms with Crippen LogP contribution in [-0.4, -0.2) is 40.7 Å². The average molecular weight is 249 g/mol. The van der Waals surface area contributed by atoms with Gasteiger partial charge in [-0.05, 0) is 50.9 Å². The quantitative estimate of drug-likeness (QED) is 0.841. The molecule has 0 amide bonds. The van der Waals surface area contributed by atoms with Gasteiger partial charge < -0.3 is 10.8 Å². The maximum absolute atomic E-state index is 9.62. The molecule has 3 N–H and O–H groups in total. The fourth-order valence-electron chi connectivity index (χ4n) is 2.74. The molecule has 2 rings (SSSR count). The molecule has 1 aliphatic rings. The zero-order chi connectivity index (χ0) is 13.0. The molecule has 4 heteroatoms. The zero-order valence-electron chi connectivity index (χ0n) is 11.0. The van der Waals surface area contributed by atoms with Gasteiger partial charge >= 0.3 is 0 Å². The Morgan fingerprint density at radius 1 is 1.44 bits per heavy atom. The number of hydrogen-bond acceptors (Lipinski definition) is 4. The molecule has 1 aliphatic heterocycles. The highest BCUT2D eigenvalue weighted by Gasteiger charge is 2.27. The van der Waals surface area contributed by atoms with Gasteiger partial charge in [-0.3, -0.25) is 9.88 Å². The predicted molar refractivity (Wildman–Crippen MR) is 72.0 cm³/mol. The summed E-state index contributed by atoms with van der Waals surface area (Å²) in [7, 11) is 0. The molecule has 2 unspecified atom stereocenters. The van der Waals surface area contributed by atoms with E-state index in [1.165, 1.54) is 0 Å². The Hall–Kier alpha value is -0.970. The van der Waals surface area contributed by atoms with Crippen molar-refractivity contribution in [1.82, 2.24) is 9.88 Å². The van der Waals surface area contributed by atoms with E-state index in [2.05, 4.69) is 9.88 Å². The van der Waals surface area contributed by atoms with E-state index in [0.717, 1.165) is 31.6 Å². The minimum atomic E-state index is -0.196. The molecule has 0 bridgehead atoms. The van der Waals surface area contributed by atoms with Gasteiger partial charge in [0.05, 0.1) is 17.8 Å². The second-order valence-corrected chi connectivity index (χ2v) is 5.12. The second kappa shape index (κ2) is 6.27. The summed E-state index contributed by atoms with van der Waals surface area (Å²) >= 11 is 0. The standard InChI is InChI=1S/C14H23N3O/c1-11(18)12-5-8-17(9-6-12)14(10-15)13-4-2-3-7-16-13/h2-4,7,11-12,14,18H,5-6,8-10,15H2,1H3. The molecule has 2 atom stereocenters. The molecule has 1 aromatic rings. The lowest BCUT2D eigenvalue weighted by atomic mass is 9.91. The van der Waals surface area contributed by atoms with Crippen molar-refractivity contribution in [3.05, 3.63) is 30.1 Å².